The molecule has 0 aromatic carbocycles. The van der Waals surface area contributed by atoms with Crippen molar-refractivity contribution in [2.24, 2.45) is 0 Å². The number of hydrogen-bond donors (Lipinski definition) is 1. The van der Waals surface area contributed by atoms with Gasteiger partial charge in [0.25, 0.3) is 5.91 Å². The number of amides is 2. The molecule has 8 nitrogen and oxygen atoms in total. The van der Waals surface area contributed by atoms with Gasteiger partial charge in [0.2, 0.25) is 6.41 Å². The number of hydrogen-bond acceptors (Lipinski definition) is 6. The number of rotatable bonds is 5. The van der Waals surface area contributed by atoms with Crippen LogP contribution in [-0.4, -0.2) is 58.5 Å². The number of furan rings is 1. The van der Waals surface area contributed by atoms with Gasteiger partial charge in [-0.05, 0) is 24.3 Å². The van der Waals surface area contributed by atoms with Crippen molar-refractivity contribution in [3.05, 3.63) is 42.0 Å². The number of piperazine rings is 1. The molecule has 1 fully saturated rings. The second-order valence-corrected chi connectivity index (χ2v) is 5.17. The summed E-state index contributed by atoms with van der Waals surface area (Å²) < 4.78 is 5.21. The minimum Gasteiger partial charge on any atom is -0.467 e. The van der Waals surface area contributed by atoms with Crippen molar-refractivity contribution in [2.45, 2.75) is 6.54 Å². The predicted molar refractivity (Wildman–Crippen MR) is 81.6 cm³/mol. The summed E-state index contributed by atoms with van der Waals surface area (Å²) in [6.45, 7) is 2.62. The first-order chi connectivity index (χ1) is 11.3. The first-order valence-electron chi connectivity index (χ1n) is 7.35. The van der Waals surface area contributed by atoms with Gasteiger partial charge in [-0.25, -0.2) is 0 Å². The third kappa shape index (κ3) is 3.65. The molecule has 0 aliphatic carbocycles. The van der Waals surface area contributed by atoms with Gasteiger partial charge in [0.1, 0.15) is 11.6 Å². The zero-order valence-electron chi connectivity index (χ0n) is 12.5. The molecule has 0 radical (unpaired) electrons. The Morgan fingerprint density at radius 1 is 1.22 bits per heavy atom. The van der Waals surface area contributed by atoms with E-state index in [9.17, 15) is 9.59 Å². The van der Waals surface area contributed by atoms with Gasteiger partial charge in [0.15, 0.2) is 5.69 Å². The molecule has 3 heterocycles. The molecule has 0 unspecified atom stereocenters. The number of nitrogens with zero attached hydrogens (tertiary/aromatic N) is 4. The normalized spacial score (nSPS) is 14.6. The van der Waals surface area contributed by atoms with E-state index in [-0.39, 0.29) is 5.91 Å². The smallest absolute Gasteiger partial charge is 0.274 e. The van der Waals surface area contributed by atoms with Crippen molar-refractivity contribution in [2.75, 3.05) is 31.5 Å². The van der Waals surface area contributed by atoms with Crippen molar-refractivity contribution >= 4 is 18.1 Å². The standard InChI is InChI=1S/C15H17N5O3/c21-11-19-5-7-20(8-6-19)15(22)13-3-4-14(18-17-13)16-10-12-2-1-9-23-12/h1-4,9,11H,5-8,10H2,(H,16,18). The molecule has 8 heteroatoms. The van der Waals surface area contributed by atoms with E-state index in [1.807, 2.05) is 12.1 Å². The van der Waals surface area contributed by atoms with Crippen molar-refractivity contribution < 1.29 is 14.0 Å². The summed E-state index contributed by atoms with van der Waals surface area (Å²) in [6.07, 6.45) is 2.41. The monoisotopic (exact) mass is 315 g/mol. The third-order valence-electron chi connectivity index (χ3n) is 3.66. The molecule has 1 saturated heterocycles. The zero-order chi connectivity index (χ0) is 16.1. The molecule has 2 amide bonds. The summed E-state index contributed by atoms with van der Waals surface area (Å²) in [5.41, 5.74) is 0.299. The molecule has 1 N–H and O–H groups in total. The maximum Gasteiger partial charge on any atom is 0.274 e. The number of carbonyl (C=O) groups is 2. The predicted octanol–water partition coefficient (Wildman–Crippen LogP) is 0.596. The summed E-state index contributed by atoms with van der Waals surface area (Å²) in [7, 11) is 0. The number of anilines is 1. The van der Waals surface area contributed by atoms with Gasteiger partial charge >= 0.3 is 0 Å². The van der Waals surface area contributed by atoms with Crippen LogP contribution in [0.1, 0.15) is 16.2 Å². The van der Waals surface area contributed by atoms with Gasteiger partial charge in [-0.2, -0.15) is 0 Å². The van der Waals surface area contributed by atoms with Crippen LogP contribution in [0.3, 0.4) is 0 Å². The van der Waals surface area contributed by atoms with Gasteiger partial charge < -0.3 is 19.5 Å². The van der Waals surface area contributed by atoms with Gasteiger partial charge in [-0.15, -0.1) is 10.2 Å². The SMILES string of the molecule is O=CN1CCN(C(=O)c2ccc(NCc3ccco3)nn2)CC1. The highest BCUT2D eigenvalue weighted by molar-refractivity contribution is 5.92. The van der Waals surface area contributed by atoms with Crippen LogP contribution in [-0.2, 0) is 11.3 Å². The van der Waals surface area contributed by atoms with Crippen LogP contribution in [0.25, 0.3) is 0 Å². The highest BCUT2D eigenvalue weighted by Gasteiger charge is 2.22. The molecular formula is C15H17N5O3. The molecule has 23 heavy (non-hydrogen) atoms. The van der Waals surface area contributed by atoms with Crippen LogP contribution < -0.4 is 5.32 Å². The lowest BCUT2D eigenvalue weighted by molar-refractivity contribution is -0.119. The van der Waals surface area contributed by atoms with E-state index in [0.717, 1.165) is 12.2 Å². The van der Waals surface area contributed by atoms with E-state index >= 15 is 0 Å². The summed E-state index contributed by atoms with van der Waals surface area (Å²) in [5, 5.41) is 11.1. The molecule has 2 aromatic rings. The number of carbonyl (C=O) groups excluding carboxylic acids is 2. The molecule has 0 atom stereocenters. The first kappa shape index (κ1) is 15.0. The molecule has 1 aliphatic heterocycles. The maximum absolute atomic E-state index is 12.3. The average Bonchev–Trinajstić information content (AvgIpc) is 3.13. The zero-order valence-corrected chi connectivity index (χ0v) is 12.5. The van der Waals surface area contributed by atoms with E-state index in [1.54, 1.807) is 28.2 Å². The highest BCUT2D eigenvalue weighted by atomic mass is 16.3. The Morgan fingerprint density at radius 3 is 2.65 bits per heavy atom. The van der Waals surface area contributed by atoms with E-state index < -0.39 is 0 Å². The summed E-state index contributed by atoms with van der Waals surface area (Å²) in [6, 6.07) is 7.03. The summed E-state index contributed by atoms with van der Waals surface area (Å²) in [4.78, 5) is 26.3. The van der Waals surface area contributed by atoms with Crippen LogP contribution in [0.4, 0.5) is 5.82 Å². The number of nitrogens with one attached hydrogen (secondary N) is 1. The summed E-state index contributed by atoms with van der Waals surface area (Å²) >= 11 is 0. The molecular weight excluding hydrogens is 298 g/mol. The third-order valence-corrected chi connectivity index (χ3v) is 3.66. The second kappa shape index (κ2) is 6.91. The Bertz CT molecular complexity index is 648. The largest absolute Gasteiger partial charge is 0.467 e. The summed E-state index contributed by atoms with van der Waals surface area (Å²) in [5.74, 6) is 1.20. The Balaban J connectivity index is 1.56. The van der Waals surface area contributed by atoms with Crippen LogP contribution >= 0.6 is 0 Å². The molecule has 120 valence electrons. The lowest BCUT2D eigenvalue weighted by Gasteiger charge is -2.32. The van der Waals surface area contributed by atoms with Crippen LogP contribution in [0, 0.1) is 0 Å². The highest BCUT2D eigenvalue weighted by Crippen LogP contribution is 2.09. The lowest BCUT2D eigenvalue weighted by atomic mass is 10.2. The van der Waals surface area contributed by atoms with Gasteiger partial charge in [0.05, 0.1) is 12.8 Å². The second-order valence-electron chi connectivity index (χ2n) is 5.17. The minimum absolute atomic E-state index is 0.166. The minimum atomic E-state index is -0.166. The fourth-order valence-electron chi connectivity index (χ4n) is 2.32. The Morgan fingerprint density at radius 2 is 2.04 bits per heavy atom. The van der Waals surface area contributed by atoms with E-state index in [0.29, 0.717) is 44.2 Å². The topological polar surface area (TPSA) is 91.6 Å². The molecule has 0 saturated carbocycles. The van der Waals surface area contributed by atoms with Crippen molar-refractivity contribution in [3.63, 3.8) is 0 Å². The van der Waals surface area contributed by atoms with Crippen LogP contribution in [0.5, 0.6) is 0 Å². The van der Waals surface area contributed by atoms with E-state index in [2.05, 4.69) is 15.5 Å². The van der Waals surface area contributed by atoms with E-state index in [4.69, 9.17) is 4.42 Å². The molecule has 2 aromatic heterocycles. The molecule has 0 bridgehead atoms. The Hall–Kier alpha value is -2.90. The Kier molecular flexibility index (Phi) is 4.51. The quantitative estimate of drug-likeness (QED) is 0.812. The first-order valence-corrected chi connectivity index (χ1v) is 7.35. The molecule has 1 aliphatic rings. The van der Waals surface area contributed by atoms with Gasteiger partial charge in [-0.3, -0.25) is 9.59 Å². The van der Waals surface area contributed by atoms with Crippen molar-refractivity contribution in [3.8, 4) is 0 Å². The molecule has 3 rings (SSSR count). The molecule has 0 spiro atoms. The van der Waals surface area contributed by atoms with Crippen LogP contribution in [0.15, 0.2) is 34.9 Å². The Labute approximate surface area is 133 Å². The fraction of sp³-hybridized carbons (Fsp3) is 0.333. The number of aromatic nitrogens is 2. The van der Waals surface area contributed by atoms with Gasteiger partial charge in [-0.1, -0.05) is 0 Å². The van der Waals surface area contributed by atoms with Gasteiger partial charge in [0, 0.05) is 26.2 Å². The fourth-order valence-corrected chi connectivity index (χ4v) is 2.32. The van der Waals surface area contributed by atoms with E-state index in [1.165, 1.54) is 0 Å². The van der Waals surface area contributed by atoms with Crippen LogP contribution in [0.2, 0.25) is 0 Å². The average molecular weight is 315 g/mol. The maximum atomic E-state index is 12.3. The van der Waals surface area contributed by atoms with Crippen molar-refractivity contribution in [1.29, 1.82) is 0 Å². The lowest BCUT2D eigenvalue weighted by Crippen LogP contribution is -2.48. The van der Waals surface area contributed by atoms with Crippen molar-refractivity contribution in [1.82, 2.24) is 20.0 Å².